The van der Waals surface area contributed by atoms with Crippen LogP contribution in [0.2, 0.25) is 5.02 Å². The normalized spacial score (nSPS) is 12.2. The molecule has 0 spiro atoms. The van der Waals surface area contributed by atoms with E-state index in [1.54, 1.807) is 0 Å². The van der Waals surface area contributed by atoms with E-state index in [0.29, 0.717) is 0 Å². The van der Waals surface area contributed by atoms with Crippen LogP contribution in [0.4, 0.5) is 11.4 Å². The van der Waals surface area contributed by atoms with Crippen molar-refractivity contribution < 1.29 is 21.8 Å². The minimum Gasteiger partial charge on any atom is -0.280 e. The van der Waals surface area contributed by atoms with Gasteiger partial charge in [0.25, 0.3) is 15.7 Å². The molecule has 0 amide bonds. The molecule has 0 heterocycles. The SMILES string of the molecule is CN(C)S(=O)(=O)c1ccc(NS(=O)(=O)c2ccc(Cl)c([N+](=O)[O-])c2)cc1. The average molecular weight is 420 g/mol. The zero-order valence-corrected chi connectivity index (χ0v) is 16.0. The number of benzene rings is 2. The van der Waals surface area contributed by atoms with Crippen molar-refractivity contribution in [3.8, 4) is 0 Å². The van der Waals surface area contributed by atoms with Crippen LogP contribution >= 0.6 is 11.6 Å². The lowest BCUT2D eigenvalue weighted by atomic mass is 10.3. The summed E-state index contributed by atoms with van der Waals surface area (Å²) < 4.78 is 52.0. The van der Waals surface area contributed by atoms with Crippen LogP contribution < -0.4 is 4.72 Å². The van der Waals surface area contributed by atoms with E-state index in [2.05, 4.69) is 4.72 Å². The van der Waals surface area contributed by atoms with Crippen LogP contribution in [0.25, 0.3) is 0 Å². The molecule has 0 unspecified atom stereocenters. The van der Waals surface area contributed by atoms with E-state index in [1.165, 1.54) is 38.4 Å². The van der Waals surface area contributed by atoms with Crippen molar-refractivity contribution in [3.05, 3.63) is 57.6 Å². The highest BCUT2D eigenvalue weighted by Crippen LogP contribution is 2.28. The minimum absolute atomic E-state index is 0.00687. The number of sulfonamides is 2. The van der Waals surface area contributed by atoms with Crippen LogP contribution in [0, 0.1) is 10.1 Å². The first-order valence-corrected chi connectivity index (χ1v) is 10.2. The Bertz CT molecular complexity index is 1050. The fourth-order valence-electron chi connectivity index (χ4n) is 1.92. The van der Waals surface area contributed by atoms with E-state index in [1.807, 2.05) is 0 Å². The van der Waals surface area contributed by atoms with Gasteiger partial charge in [0.1, 0.15) is 5.02 Å². The molecule has 0 saturated heterocycles. The first-order valence-electron chi connectivity index (χ1n) is 6.94. The molecule has 9 nitrogen and oxygen atoms in total. The zero-order chi connectivity index (χ0) is 19.7. The maximum Gasteiger partial charge on any atom is 0.289 e. The summed E-state index contributed by atoms with van der Waals surface area (Å²) in [5, 5.41) is 10.7. The van der Waals surface area contributed by atoms with Crippen LogP contribution in [0.5, 0.6) is 0 Å². The fraction of sp³-hybridized carbons (Fsp3) is 0.143. The second-order valence-corrected chi connectivity index (χ2v) is 9.53. The molecule has 0 atom stereocenters. The molecule has 1 N–H and O–H groups in total. The molecular weight excluding hydrogens is 406 g/mol. The Balaban J connectivity index is 2.33. The van der Waals surface area contributed by atoms with Crippen molar-refractivity contribution in [2.45, 2.75) is 9.79 Å². The lowest BCUT2D eigenvalue weighted by molar-refractivity contribution is -0.384. The van der Waals surface area contributed by atoms with Gasteiger partial charge in [-0.25, -0.2) is 21.1 Å². The second-order valence-electron chi connectivity index (χ2n) is 5.29. The minimum atomic E-state index is -4.12. The molecule has 0 bridgehead atoms. The molecule has 0 aliphatic rings. The zero-order valence-electron chi connectivity index (χ0n) is 13.6. The Labute approximate surface area is 155 Å². The standard InChI is InChI=1S/C14H14ClN3O6S2/c1-17(2)26(23,24)11-5-3-10(4-6-11)16-25(21,22)12-7-8-13(15)14(9-12)18(19)20/h3-9,16H,1-2H3. The molecule has 2 aromatic rings. The molecule has 0 aliphatic heterocycles. The summed E-state index contributed by atoms with van der Waals surface area (Å²) in [6.45, 7) is 0. The summed E-state index contributed by atoms with van der Waals surface area (Å²) in [6, 6.07) is 8.13. The van der Waals surface area contributed by atoms with Crippen molar-refractivity contribution in [2.75, 3.05) is 18.8 Å². The Morgan fingerprint density at radius 2 is 1.54 bits per heavy atom. The van der Waals surface area contributed by atoms with Gasteiger partial charge in [-0.05, 0) is 36.4 Å². The van der Waals surface area contributed by atoms with Gasteiger partial charge in [-0.3, -0.25) is 14.8 Å². The predicted molar refractivity (Wildman–Crippen MR) is 96.2 cm³/mol. The van der Waals surface area contributed by atoms with Gasteiger partial charge >= 0.3 is 0 Å². The monoisotopic (exact) mass is 419 g/mol. The number of nitrogens with zero attached hydrogens (tertiary/aromatic N) is 2. The molecule has 2 rings (SSSR count). The number of hydrogen-bond donors (Lipinski definition) is 1. The Morgan fingerprint density at radius 1 is 1.00 bits per heavy atom. The highest BCUT2D eigenvalue weighted by atomic mass is 35.5. The Morgan fingerprint density at radius 3 is 2.04 bits per heavy atom. The van der Waals surface area contributed by atoms with Gasteiger partial charge < -0.3 is 0 Å². The summed E-state index contributed by atoms with van der Waals surface area (Å²) in [4.78, 5) is 9.75. The van der Waals surface area contributed by atoms with E-state index in [9.17, 15) is 26.9 Å². The van der Waals surface area contributed by atoms with Gasteiger partial charge in [0, 0.05) is 25.8 Å². The molecule has 0 aromatic heterocycles. The number of nitro groups is 1. The maximum absolute atomic E-state index is 12.4. The first-order chi connectivity index (χ1) is 11.9. The largest absolute Gasteiger partial charge is 0.289 e. The molecule has 0 saturated carbocycles. The van der Waals surface area contributed by atoms with Gasteiger partial charge in [-0.2, -0.15) is 0 Å². The summed E-state index contributed by atoms with van der Waals surface area (Å²) in [5.74, 6) is 0. The fourth-order valence-corrected chi connectivity index (χ4v) is 4.09. The summed E-state index contributed by atoms with van der Waals surface area (Å²) in [5.41, 5.74) is -0.442. The van der Waals surface area contributed by atoms with Crippen LogP contribution in [-0.4, -0.2) is 40.2 Å². The predicted octanol–water partition coefficient (Wildman–Crippen LogP) is 2.30. The summed E-state index contributed by atoms with van der Waals surface area (Å²) >= 11 is 5.67. The van der Waals surface area contributed by atoms with Crippen molar-refractivity contribution in [1.29, 1.82) is 0 Å². The number of nitrogens with one attached hydrogen (secondary N) is 1. The lowest BCUT2D eigenvalue weighted by Crippen LogP contribution is -2.22. The molecule has 140 valence electrons. The highest BCUT2D eigenvalue weighted by molar-refractivity contribution is 7.92. The van der Waals surface area contributed by atoms with Crippen molar-refractivity contribution in [2.24, 2.45) is 0 Å². The highest BCUT2D eigenvalue weighted by Gasteiger charge is 2.21. The third kappa shape index (κ3) is 4.12. The van der Waals surface area contributed by atoms with Gasteiger partial charge in [0.05, 0.1) is 14.7 Å². The van der Waals surface area contributed by atoms with E-state index in [-0.39, 0.29) is 20.5 Å². The van der Waals surface area contributed by atoms with Crippen LogP contribution in [0.1, 0.15) is 0 Å². The van der Waals surface area contributed by atoms with E-state index in [4.69, 9.17) is 11.6 Å². The van der Waals surface area contributed by atoms with Gasteiger partial charge in [-0.15, -0.1) is 0 Å². The van der Waals surface area contributed by atoms with Gasteiger partial charge in [0.15, 0.2) is 0 Å². The summed E-state index contributed by atoms with van der Waals surface area (Å²) in [7, 11) is -5.02. The topological polar surface area (TPSA) is 127 Å². The van der Waals surface area contributed by atoms with Crippen LogP contribution in [0.3, 0.4) is 0 Å². The number of anilines is 1. The average Bonchev–Trinajstić information content (AvgIpc) is 2.54. The molecule has 0 aliphatic carbocycles. The molecular formula is C14H14ClN3O6S2. The smallest absolute Gasteiger partial charge is 0.280 e. The number of rotatable bonds is 6. The maximum atomic E-state index is 12.4. The lowest BCUT2D eigenvalue weighted by Gasteiger charge is -2.12. The molecule has 26 heavy (non-hydrogen) atoms. The Kier molecular flexibility index (Phi) is 5.56. The van der Waals surface area contributed by atoms with Gasteiger partial charge in [0.2, 0.25) is 10.0 Å². The second kappa shape index (κ2) is 7.19. The van der Waals surface area contributed by atoms with Gasteiger partial charge in [-0.1, -0.05) is 11.6 Å². The van der Waals surface area contributed by atoms with E-state index < -0.39 is 30.7 Å². The quantitative estimate of drug-likeness (QED) is 0.565. The Hall–Kier alpha value is -2.21. The van der Waals surface area contributed by atoms with E-state index in [0.717, 1.165) is 22.5 Å². The number of halogens is 1. The molecule has 0 radical (unpaired) electrons. The molecule has 12 heteroatoms. The number of hydrogen-bond acceptors (Lipinski definition) is 6. The summed E-state index contributed by atoms with van der Waals surface area (Å²) in [6.07, 6.45) is 0. The third-order valence-corrected chi connectivity index (χ3v) is 6.84. The van der Waals surface area contributed by atoms with Crippen molar-refractivity contribution >= 4 is 43.0 Å². The molecule has 0 fully saturated rings. The van der Waals surface area contributed by atoms with E-state index >= 15 is 0 Å². The van der Waals surface area contributed by atoms with Crippen molar-refractivity contribution in [3.63, 3.8) is 0 Å². The number of nitro benzene ring substituents is 1. The van der Waals surface area contributed by atoms with Crippen molar-refractivity contribution in [1.82, 2.24) is 4.31 Å². The van der Waals surface area contributed by atoms with Crippen LogP contribution in [-0.2, 0) is 20.0 Å². The third-order valence-electron chi connectivity index (χ3n) is 3.31. The first kappa shape index (κ1) is 20.1. The molecule has 2 aromatic carbocycles. The van der Waals surface area contributed by atoms with Crippen LogP contribution in [0.15, 0.2) is 52.3 Å².